The summed E-state index contributed by atoms with van der Waals surface area (Å²) in [6, 6.07) is 0. The van der Waals surface area contributed by atoms with Gasteiger partial charge in [0.25, 0.3) is 20.0 Å². The molecule has 5 nitrogen and oxygen atoms in total. The van der Waals surface area contributed by atoms with Gasteiger partial charge in [0.05, 0.1) is 0 Å². The van der Waals surface area contributed by atoms with E-state index in [4.69, 9.17) is 20.6 Å². The summed E-state index contributed by atoms with van der Waals surface area (Å²) in [6.07, 6.45) is 0. The largest absolute Gasteiger partial charge is 0.453 e. The lowest BCUT2D eigenvalue weighted by Crippen LogP contribution is -2.45. The van der Waals surface area contributed by atoms with Crippen LogP contribution in [0.25, 0.3) is 0 Å². The molecule has 104 valence electrons. The van der Waals surface area contributed by atoms with Gasteiger partial charge in [0.15, 0.2) is 16.6 Å². The van der Waals surface area contributed by atoms with Crippen LogP contribution in [0.4, 0.5) is 0 Å². The third kappa shape index (κ3) is 13.3. The molecule has 0 N–H and O–H groups in total. The summed E-state index contributed by atoms with van der Waals surface area (Å²) in [7, 11) is -6.18. The minimum Gasteiger partial charge on any atom is -0.449 e. The Labute approximate surface area is 116 Å². The van der Waals surface area contributed by atoms with E-state index >= 15 is 0 Å². The van der Waals surface area contributed by atoms with Crippen molar-refractivity contribution in [1.29, 1.82) is 0 Å². The molecule has 0 aromatic heterocycles. The van der Waals surface area contributed by atoms with Gasteiger partial charge in [-0.15, -0.1) is 0 Å². The lowest BCUT2D eigenvalue weighted by atomic mass is 11.8. The zero-order valence-electron chi connectivity index (χ0n) is 12.0. The second kappa shape index (κ2) is 8.31. The first-order valence-corrected chi connectivity index (χ1v) is 17.0. The van der Waals surface area contributed by atoms with Gasteiger partial charge in [0.2, 0.25) is 0 Å². The van der Waals surface area contributed by atoms with Gasteiger partial charge in [-0.05, 0) is 39.3 Å². The molecule has 0 unspecified atom stereocenters. The fourth-order valence-electron chi connectivity index (χ4n) is 0.890. The van der Waals surface area contributed by atoms with Crippen molar-refractivity contribution in [1.82, 2.24) is 0 Å². The Morgan fingerprint density at radius 2 is 1.35 bits per heavy atom. The van der Waals surface area contributed by atoms with Crippen molar-refractivity contribution in [2.45, 2.75) is 39.3 Å². The molecule has 0 radical (unpaired) electrons. The molecule has 17 heavy (non-hydrogen) atoms. The summed E-state index contributed by atoms with van der Waals surface area (Å²) in [5.74, 6) is 0. The molecular formula is C6H26O5Si6. The van der Waals surface area contributed by atoms with Crippen LogP contribution in [-0.2, 0) is 20.6 Å². The Balaban J connectivity index is 4.12. The zero-order valence-corrected chi connectivity index (χ0v) is 20.0. The molecule has 0 fully saturated rings. The fraction of sp³-hybridized carbons (Fsp3) is 1.00. The quantitative estimate of drug-likeness (QED) is 0.385. The van der Waals surface area contributed by atoms with Crippen LogP contribution in [0.2, 0.25) is 39.3 Å². The zero-order chi connectivity index (χ0) is 13.5. The highest BCUT2D eigenvalue weighted by Crippen LogP contribution is 2.12. The monoisotopic (exact) mass is 346 g/mol. The van der Waals surface area contributed by atoms with Crippen molar-refractivity contribution in [2.75, 3.05) is 0 Å². The van der Waals surface area contributed by atoms with Gasteiger partial charge in [-0.2, -0.15) is 0 Å². The van der Waals surface area contributed by atoms with Crippen LogP contribution in [0.3, 0.4) is 0 Å². The highest BCUT2D eigenvalue weighted by molar-refractivity contribution is 6.80. The Morgan fingerprint density at radius 3 is 1.71 bits per heavy atom. The Hall–Kier alpha value is 1.10. The van der Waals surface area contributed by atoms with Crippen LogP contribution < -0.4 is 0 Å². The van der Waals surface area contributed by atoms with Crippen molar-refractivity contribution in [3.05, 3.63) is 0 Å². The first-order valence-electron chi connectivity index (χ1n) is 5.68. The smallest absolute Gasteiger partial charge is 0.449 e. The maximum Gasteiger partial charge on any atom is 0.453 e. The van der Waals surface area contributed by atoms with E-state index in [0.717, 1.165) is 10.5 Å². The Kier molecular flexibility index (Phi) is 8.85. The molecule has 11 heteroatoms. The predicted molar refractivity (Wildman–Crippen MR) is 86.3 cm³/mol. The van der Waals surface area contributed by atoms with Crippen molar-refractivity contribution < 1.29 is 20.6 Å². The molecule has 0 saturated heterocycles. The first kappa shape index (κ1) is 18.1. The second-order valence-electron chi connectivity index (χ2n) is 5.64. The average Bonchev–Trinajstić information content (AvgIpc) is 2.06. The number of hydrogen-bond donors (Lipinski definition) is 0. The van der Waals surface area contributed by atoms with E-state index in [-0.39, 0.29) is 0 Å². The van der Waals surface area contributed by atoms with Crippen molar-refractivity contribution in [3.63, 3.8) is 0 Å². The van der Waals surface area contributed by atoms with Gasteiger partial charge < -0.3 is 20.6 Å². The van der Waals surface area contributed by atoms with E-state index in [1.54, 1.807) is 0 Å². The summed E-state index contributed by atoms with van der Waals surface area (Å²) in [5.41, 5.74) is 0. The summed E-state index contributed by atoms with van der Waals surface area (Å²) in [4.78, 5) is 0. The summed E-state index contributed by atoms with van der Waals surface area (Å²) in [5, 5.41) is 0. The maximum absolute atomic E-state index is 6.00. The Morgan fingerprint density at radius 1 is 0.882 bits per heavy atom. The van der Waals surface area contributed by atoms with Gasteiger partial charge in [-0.3, -0.25) is 0 Å². The van der Waals surface area contributed by atoms with E-state index in [1.807, 2.05) is 0 Å². The molecule has 0 saturated carbocycles. The lowest BCUT2D eigenvalue weighted by molar-refractivity contribution is 0.288. The molecule has 0 heterocycles. The molecule has 0 bridgehead atoms. The first-order chi connectivity index (χ1) is 7.64. The fourth-order valence-corrected chi connectivity index (χ4v) is 12.0. The minimum atomic E-state index is -1.99. The molecule has 0 aliphatic heterocycles. The maximum atomic E-state index is 6.00. The standard InChI is InChI=1S/C6H26O5Si6/c1-16(2,3)10-15(11-17(4,5)6)9-14-8-13-7-12/h15H,13-14H2,1-6,12H3. The van der Waals surface area contributed by atoms with Crippen LogP contribution in [0.1, 0.15) is 0 Å². The van der Waals surface area contributed by atoms with E-state index in [1.165, 1.54) is 0 Å². The second-order valence-corrected chi connectivity index (χ2v) is 22.3. The van der Waals surface area contributed by atoms with Gasteiger partial charge >= 0.3 is 9.53 Å². The van der Waals surface area contributed by atoms with Crippen LogP contribution >= 0.6 is 0 Å². The molecule has 0 spiro atoms. The number of hydrogen-bond acceptors (Lipinski definition) is 5. The van der Waals surface area contributed by atoms with E-state index < -0.39 is 46.2 Å². The highest BCUT2D eigenvalue weighted by Gasteiger charge is 2.29. The third-order valence-electron chi connectivity index (χ3n) is 1.39. The van der Waals surface area contributed by atoms with Gasteiger partial charge in [0, 0.05) is 0 Å². The normalized spacial score (nSPS) is 15.0. The predicted octanol–water partition coefficient (Wildman–Crippen LogP) is -1.27. The van der Waals surface area contributed by atoms with Gasteiger partial charge in [-0.1, -0.05) is 0 Å². The molecule has 0 aromatic carbocycles. The third-order valence-corrected chi connectivity index (χ3v) is 12.5. The van der Waals surface area contributed by atoms with E-state index in [2.05, 4.69) is 39.3 Å². The van der Waals surface area contributed by atoms with Gasteiger partial charge in [-0.25, -0.2) is 0 Å². The Bertz CT molecular complexity index is 188. The van der Waals surface area contributed by atoms with Crippen LogP contribution in [0.5, 0.6) is 0 Å². The molecule has 0 rings (SSSR count). The minimum absolute atomic E-state index is 0.755. The molecule has 0 aromatic rings. The van der Waals surface area contributed by atoms with Gasteiger partial charge in [0.1, 0.15) is 10.5 Å². The summed E-state index contributed by atoms with van der Waals surface area (Å²) >= 11 is 0. The van der Waals surface area contributed by atoms with Crippen molar-refractivity contribution >= 4 is 56.7 Å². The molecule has 0 aliphatic rings. The van der Waals surface area contributed by atoms with Crippen LogP contribution in [0.15, 0.2) is 0 Å². The topological polar surface area (TPSA) is 46.2 Å². The SMILES string of the molecule is C[Si](C)(C)O[SiH](O[SiH2]O[SiH2]O[SiH3])O[Si](C)(C)C. The van der Waals surface area contributed by atoms with E-state index in [0.29, 0.717) is 0 Å². The summed E-state index contributed by atoms with van der Waals surface area (Å²) < 4.78 is 28.3. The average molecular weight is 347 g/mol. The molecule has 0 atom stereocenters. The summed E-state index contributed by atoms with van der Waals surface area (Å²) in [6.45, 7) is 12.9. The highest BCUT2D eigenvalue weighted by atomic mass is 28.5. The molecule has 0 amide bonds. The number of rotatable bonds is 9. The lowest BCUT2D eigenvalue weighted by Gasteiger charge is -2.29. The van der Waals surface area contributed by atoms with Crippen LogP contribution in [0, 0.1) is 0 Å². The van der Waals surface area contributed by atoms with Crippen LogP contribution in [-0.4, -0.2) is 56.7 Å². The van der Waals surface area contributed by atoms with E-state index in [9.17, 15) is 0 Å². The van der Waals surface area contributed by atoms with Crippen molar-refractivity contribution in [3.8, 4) is 0 Å². The molecule has 0 aliphatic carbocycles. The molecular weight excluding hydrogens is 321 g/mol. The van der Waals surface area contributed by atoms with Crippen molar-refractivity contribution in [2.24, 2.45) is 0 Å².